The first-order valence-electron chi connectivity index (χ1n) is 7.71. The zero-order valence-electron chi connectivity index (χ0n) is 14.1. The van der Waals surface area contributed by atoms with E-state index in [2.05, 4.69) is 20.6 Å². The predicted molar refractivity (Wildman–Crippen MR) is 110 cm³/mol. The fourth-order valence-corrected chi connectivity index (χ4v) is 2.13. The molecule has 0 spiro atoms. The molecule has 0 saturated heterocycles. The second-order valence-electron chi connectivity index (χ2n) is 5.09. The molecule has 1 heterocycles. The number of aliphatic imine (C=N–C) groups is 1. The molecule has 0 bridgehead atoms. The lowest BCUT2D eigenvalue weighted by molar-refractivity contribution is 0.304. The second-order valence-corrected chi connectivity index (χ2v) is 5.48. The number of ether oxygens (including phenoxy) is 1. The van der Waals surface area contributed by atoms with Gasteiger partial charge in [-0.15, -0.1) is 24.0 Å². The lowest BCUT2D eigenvalue weighted by Crippen LogP contribution is -2.40. The number of benzene rings is 1. The van der Waals surface area contributed by atoms with Crippen molar-refractivity contribution in [3.8, 4) is 5.75 Å². The quantitative estimate of drug-likeness (QED) is 0.203. The molecule has 9 heteroatoms. The largest absolute Gasteiger partial charge is 0.489 e. The average Bonchev–Trinajstić information content (AvgIpc) is 2.60. The van der Waals surface area contributed by atoms with Crippen LogP contribution in [0.15, 0.2) is 41.5 Å². The van der Waals surface area contributed by atoms with E-state index in [1.54, 1.807) is 19.3 Å². The molecule has 0 aliphatic carbocycles. The maximum atomic E-state index is 13.4. The van der Waals surface area contributed by atoms with Crippen molar-refractivity contribution in [1.82, 2.24) is 15.6 Å². The Morgan fingerprint density at radius 1 is 1.19 bits per heavy atom. The third-order valence-electron chi connectivity index (χ3n) is 3.26. The van der Waals surface area contributed by atoms with E-state index in [9.17, 15) is 8.78 Å². The Hall–Kier alpha value is -1.68. The molecule has 0 aliphatic heterocycles. The number of aromatic nitrogens is 1. The van der Waals surface area contributed by atoms with Crippen molar-refractivity contribution in [2.75, 3.05) is 26.7 Å². The molecule has 1 aromatic heterocycles. The van der Waals surface area contributed by atoms with Crippen LogP contribution in [0.2, 0.25) is 5.15 Å². The van der Waals surface area contributed by atoms with E-state index in [4.69, 9.17) is 16.3 Å². The number of hydrogen-bond acceptors (Lipinski definition) is 3. The minimum atomic E-state index is -0.723. The van der Waals surface area contributed by atoms with Crippen molar-refractivity contribution in [1.29, 1.82) is 0 Å². The molecule has 1 aromatic carbocycles. The Bertz CT molecular complexity index is 716. The van der Waals surface area contributed by atoms with Crippen LogP contribution in [-0.2, 0) is 6.42 Å². The summed E-state index contributed by atoms with van der Waals surface area (Å²) in [6, 6.07) is 6.86. The third kappa shape index (κ3) is 7.69. The fraction of sp³-hybridized carbons (Fsp3) is 0.294. The number of nitrogens with zero attached hydrogens (tertiary/aromatic N) is 2. The zero-order valence-corrected chi connectivity index (χ0v) is 17.2. The van der Waals surface area contributed by atoms with Crippen molar-refractivity contribution >= 4 is 41.5 Å². The van der Waals surface area contributed by atoms with Gasteiger partial charge in [0.1, 0.15) is 17.6 Å². The van der Waals surface area contributed by atoms with Gasteiger partial charge < -0.3 is 15.4 Å². The Morgan fingerprint density at radius 3 is 2.62 bits per heavy atom. The summed E-state index contributed by atoms with van der Waals surface area (Å²) in [6.45, 7) is 1.29. The van der Waals surface area contributed by atoms with E-state index < -0.39 is 11.6 Å². The van der Waals surface area contributed by atoms with Gasteiger partial charge in [0.2, 0.25) is 0 Å². The molecule has 26 heavy (non-hydrogen) atoms. The summed E-state index contributed by atoms with van der Waals surface area (Å²) >= 11 is 5.74. The van der Waals surface area contributed by atoms with E-state index in [0.29, 0.717) is 24.2 Å². The van der Waals surface area contributed by atoms with Crippen molar-refractivity contribution < 1.29 is 13.5 Å². The monoisotopic (exact) mass is 496 g/mol. The maximum absolute atomic E-state index is 13.4. The molecular weight excluding hydrogens is 477 g/mol. The lowest BCUT2D eigenvalue weighted by Gasteiger charge is -2.12. The summed E-state index contributed by atoms with van der Waals surface area (Å²) < 4.78 is 31.5. The van der Waals surface area contributed by atoms with Crippen LogP contribution < -0.4 is 15.4 Å². The first-order valence-corrected chi connectivity index (χ1v) is 8.09. The number of pyridine rings is 1. The van der Waals surface area contributed by atoms with Crippen LogP contribution in [0.25, 0.3) is 0 Å². The number of guanidine groups is 1. The van der Waals surface area contributed by atoms with Crippen molar-refractivity contribution in [2.24, 2.45) is 4.99 Å². The van der Waals surface area contributed by atoms with Gasteiger partial charge >= 0.3 is 0 Å². The molecule has 2 rings (SSSR count). The van der Waals surface area contributed by atoms with Crippen LogP contribution in [0.3, 0.4) is 0 Å². The SMILES string of the molecule is CN=C(NCCOc1ccc(F)cc1F)NCCc1ccc(Cl)nc1.I. The van der Waals surface area contributed by atoms with Gasteiger partial charge in [-0.25, -0.2) is 13.8 Å². The van der Waals surface area contributed by atoms with Crippen LogP contribution in [0.1, 0.15) is 5.56 Å². The maximum Gasteiger partial charge on any atom is 0.191 e. The van der Waals surface area contributed by atoms with Gasteiger partial charge in [-0.3, -0.25) is 4.99 Å². The normalized spacial score (nSPS) is 10.8. The van der Waals surface area contributed by atoms with E-state index in [-0.39, 0.29) is 36.3 Å². The Kier molecular flexibility index (Phi) is 10.2. The van der Waals surface area contributed by atoms with Crippen molar-refractivity contribution in [3.63, 3.8) is 0 Å². The van der Waals surface area contributed by atoms with E-state index in [0.717, 1.165) is 24.1 Å². The predicted octanol–water partition coefficient (Wildman–Crippen LogP) is 3.42. The number of rotatable bonds is 7. The standard InChI is InChI=1S/C17H19ClF2N4O.HI/c1-21-17(22-7-6-12-2-5-16(18)24-11-12)23-8-9-25-15-4-3-13(19)10-14(15)20;/h2-5,10-11H,6-9H2,1H3,(H2,21,22,23);1H. The Morgan fingerprint density at radius 2 is 1.96 bits per heavy atom. The smallest absolute Gasteiger partial charge is 0.191 e. The first-order chi connectivity index (χ1) is 12.1. The van der Waals surface area contributed by atoms with Gasteiger partial charge in [0.25, 0.3) is 0 Å². The van der Waals surface area contributed by atoms with E-state index in [1.807, 2.05) is 6.07 Å². The Labute approximate surface area is 173 Å². The molecule has 5 nitrogen and oxygen atoms in total. The van der Waals surface area contributed by atoms with Crippen molar-refractivity contribution in [3.05, 3.63) is 58.9 Å². The van der Waals surface area contributed by atoms with Crippen molar-refractivity contribution in [2.45, 2.75) is 6.42 Å². The molecule has 0 radical (unpaired) electrons. The van der Waals surface area contributed by atoms with E-state index >= 15 is 0 Å². The highest BCUT2D eigenvalue weighted by molar-refractivity contribution is 14.0. The van der Waals surface area contributed by atoms with E-state index in [1.165, 1.54) is 6.07 Å². The molecule has 0 atom stereocenters. The van der Waals surface area contributed by atoms with Crippen LogP contribution in [0.4, 0.5) is 8.78 Å². The van der Waals surface area contributed by atoms with Gasteiger partial charge in [-0.1, -0.05) is 17.7 Å². The molecule has 2 aromatic rings. The summed E-state index contributed by atoms with van der Waals surface area (Å²) in [4.78, 5) is 8.11. The highest BCUT2D eigenvalue weighted by Crippen LogP contribution is 2.17. The van der Waals surface area contributed by atoms with Crippen LogP contribution >= 0.6 is 35.6 Å². The average molecular weight is 497 g/mol. The molecule has 142 valence electrons. The summed E-state index contributed by atoms with van der Waals surface area (Å²) in [6.07, 6.45) is 2.49. The van der Waals surface area contributed by atoms with Crippen LogP contribution in [-0.4, -0.2) is 37.7 Å². The first kappa shape index (κ1) is 22.4. The minimum absolute atomic E-state index is 0. The van der Waals surface area contributed by atoms with Gasteiger partial charge in [0, 0.05) is 25.9 Å². The van der Waals surface area contributed by atoms with Gasteiger partial charge in [-0.05, 0) is 30.2 Å². The molecule has 0 fully saturated rings. The summed E-state index contributed by atoms with van der Waals surface area (Å²) in [7, 11) is 1.65. The highest BCUT2D eigenvalue weighted by Gasteiger charge is 2.05. The number of hydrogen-bond donors (Lipinski definition) is 2. The summed E-state index contributed by atoms with van der Waals surface area (Å²) in [5, 5.41) is 6.66. The summed E-state index contributed by atoms with van der Waals surface area (Å²) in [5.74, 6) is -0.742. The van der Waals surface area contributed by atoms with Crippen LogP contribution in [0.5, 0.6) is 5.75 Å². The molecule has 0 saturated carbocycles. The summed E-state index contributed by atoms with van der Waals surface area (Å²) in [5.41, 5.74) is 1.06. The second kappa shape index (κ2) is 11.8. The Balaban J connectivity index is 0.00000338. The van der Waals surface area contributed by atoms with Gasteiger partial charge in [0.05, 0.1) is 6.54 Å². The molecule has 2 N–H and O–H groups in total. The fourth-order valence-electron chi connectivity index (χ4n) is 2.02. The number of nitrogens with one attached hydrogen (secondary N) is 2. The van der Waals surface area contributed by atoms with Gasteiger partial charge in [0.15, 0.2) is 17.5 Å². The third-order valence-corrected chi connectivity index (χ3v) is 3.49. The molecular formula is C17H20ClF2IN4O. The minimum Gasteiger partial charge on any atom is -0.489 e. The lowest BCUT2D eigenvalue weighted by atomic mass is 10.2. The van der Waals surface area contributed by atoms with Gasteiger partial charge in [-0.2, -0.15) is 0 Å². The topological polar surface area (TPSA) is 58.5 Å². The zero-order chi connectivity index (χ0) is 18.1. The number of halogens is 4. The van der Waals surface area contributed by atoms with Crippen LogP contribution in [0, 0.1) is 11.6 Å². The molecule has 0 aliphatic rings. The molecule has 0 unspecified atom stereocenters. The molecule has 0 amide bonds. The highest BCUT2D eigenvalue weighted by atomic mass is 127.